The monoisotopic (exact) mass is 708 g/mol. The highest BCUT2D eigenvalue weighted by molar-refractivity contribution is 8.96. The van der Waals surface area contributed by atoms with Gasteiger partial charge >= 0.3 is 0 Å². The van der Waals surface area contributed by atoms with Crippen molar-refractivity contribution in [1.29, 1.82) is 0 Å². The van der Waals surface area contributed by atoms with E-state index in [0.717, 1.165) is 19.4 Å². The molecule has 16 heteroatoms. The van der Waals surface area contributed by atoms with E-state index < -0.39 is 15.1 Å². The second kappa shape index (κ2) is 21.7. The molecule has 0 aliphatic heterocycles. The van der Waals surface area contributed by atoms with E-state index in [1.807, 2.05) is 0 Å². The Morgan fingerprint density at radius 1 is 0.656 bits per heavy atom. The van der Waals surface area contributed by atoms with Crippen LogP contribution in [-0.4, -0.2) is 12.7 Å². The first-order valence-corrected chi connectivity index (χ1v) is 34.1. The predicted octanol–water partition coefficient (Wildman–Crippen LogP) is 13.1. The molecule has 0 saturated carbocycles. The molecule has 0 aromatic heterocycles. The molecule has 0 aromatic rings. The predicted molar refractivity (Wildman–Crippen MR) is 198 cm³/mol. The van der Waals surface area contributed by atoms with Gasteiger partial charge in [-0.25, -0.2) is 0 Å². The van der Waals surface area contributed by atoms with Crippen molar-refractivity contribution in [2.45, 2.75) is 86.7 Å². The molecule has 0 spiro atoms. The summed E-state index contributed by atoms with van der Waals surface area (Å²) in [5, 5.41) is 0. The summed E-state index contributed by atoms with van der Waals surface area (Å²) in [5.74, 6) is 0. The largest absolute Gasteiger partial charge is 0.346 e. The lowest BCUT2D eigenvalue weighted by molar-refractivity contribution is 0.136. The molecule has 0 fully saturated rings. The number of unbranched alkanes of at least 4 members (excludes halogenated alkanes) is 1. The zero-order chi connectivity index (χ0) is 25.7. The highest BCUT2D eigenvalue weighted by Gasteiger charge is 2.27. The molecule has 0 aromatic carbocycles. The lowest BCUT2D eigenvalue weighted by atomic mass is 9.89. The summed E-state index contributed by atoms with van der Waals surface area (Å²) in [5.41, 5.74) is 0.881. The van der Waals surface area contributed by atoms with Crippen LogP contribution >= 0.6 is 114 Å². The van der Waals surface area contributed by atoms with Crippen molar-refractivity contribution in [2.24, 2.45) is 10.8 Å². The van der Waals surface area contributed by atoms with Crippen molar-refractivity contribution in [3.05, 3.63) is 0 Å². The molecule has 196 valence electrons. The first-order valence-electron chi connectivity index (χ1n) is 10.5. The van der Waals surface area contributed by atoms with Crippen LogP contribution in [0.4, 0.5) is 0 Å². The van der Waals surface area contributed by atoms with Gasteiger partial charge in [0.15, 0.2) is 0 Å². The fourth-order valence-electron chi connectivity index (χ4n) is 2.23. The highest BCUT2D eigenvalue weighted by Crippen LogP contribution is 2.99. The van der Waals surface area contributed by atoms with Gasteiger partial charge in [0.2, 0.25) is 0 Å². The van der Waals surface area contributed by atoms with Crippen molar-refractivity contribution in [2.75, 3.05) is 6.61 Å². The summed E-state index contributed by atoms with van der Waals surface area (Å²) in [6.45, 7) is 15.9. The lowest BCUT2D eigenvalue weighted by Crippen LogP contribution is -2.19. The Morgan fingerprint density at radius 2 is 1.06 bits per heavy atom. The molecule has 2 nitrogen and oxygen atoms in total. The van der Waals surface area contributed by atoms with Crippen LogP contribution in [0.3, 0.4) is 0 Å². The smallest absolute Gasteiger partial charge is 0.0926 e. The van der Waals surface area contributed by atoms with E-state index in [1.165, 1.54) is 19.3 Å². The van der Waals surface area contributed by atoms with E-state index in [1.54, 1.807) is 0 Å². The van der Waals surface area contributed by atoms with Crippen LogP contribution < -0.4 is 0 Å². The molecule has 0 rings (SSSR count). The Hall–Kier alpha value is 5.94. The summed E-state index contributed by atoms with van der Waals surface area (Å²) in [4.78, 5) is 0. The summed E-state index contributed by atoms with van der Waals surface area (Å²) >= 11 is 0. The first-order chi connectivity index (χ1) is 14.4. The van der Waals surface area contributed by atoms with Gasteiger partial charge in [0.1, 0.15) is 0 Å². The summed E-state index contributed by atoms with van der Waals surface area (Å²) < 4.78 is 13.0. The first kappa shape index (κ1) is 40.1. The number of rotatable bonds is 13. The maximum atomic E-state index is 6.59. The second-order valence-corrected chi connectivity index (χ2v) is 57.1. The maximum Gasteiger partial charge on any atom is 0.0926 e. The van der Waals surface area contributed by atoms with Gasteiger partial charge in [0, 0.05) is 0 Å². The fourth-order valence-corrected chi connectivity index (χ4v) is 68.2. The average molecular weight is 708 g/mol. The summed E-state index contributed by atoms with van der Waals surface area (Å²) in [7, 11) is 22.7. The van der Waals surface area contributed by atoms with Gasteiger partial charge in [0.05, 0.1) is 27.8 Å². The van der Waals surface area contributed by atoms with Crippen molar-refractivity contribution < 1.29 is 9.05 Å². The van der Waals surface area contributed by atoms with Crippen molar-refractivity contribution in [3.8, 4) is 0 Å². The molecule has 0 radical (unpaired) electrons. The third-order valence-corrected chi connectivity index (χ3v) is 48.9. The van der Waals surface area contributed by atoms with Gasteiger partial charge in [-0.1, -0.05) is 61.3 Å². The summed E-state index contributed by atoms with van der Waals surface area (Å²) in [6.07, 6.45) is 6.50. The number of hydrogen-bond donors (Lipinski definition) is 0. The second-order valence-electron chi connectivity index (χ2n) is 9.81. The average Bonchev–Trinajstić information content (AvgIpc) is 2.59. The maximum absolute atomic E-state index is 6.59. The fraction of sp³-hybridized carbons (Fsp3) is 1.00. The Kier molecular flexibility index (Phi) is 27.1. The molecule has 0 saturated heterocycles. The van der Waals surface area contributed by atoms with Crippen LogP contribution in [0.15, 0.2) is 0 Å². The molecule has 0 heterocycles. The topological polar surface area (TPSA) is 18.5 Å². The molecule has 9 atom stereocenters. The minimum atomic E-state index is -0.428. The standard InChI is InChI=1S/C8H32O2P14.C8H18/c1-8(2,3)5-4-7(10-20(23(15)16)24(17)18)6-9-19(21(11)12)22(13)14;1-5-6-7-8(2,3)4/h7H,4-6,11-18H2,1-3H3;5-7H2,1-4H3. The van der Waals surface area contributed by atoms with E-state index >= 15 is 0 Å². The molecule has 0 amide bonds. The quantitative estimate of drug-likeness (QED) is 0.177. The summed E-state index contributed by atoms with van der Waals surface area (Å²) in [6, 6.07) is 0. The molecule has 9 unspecified atom stereocenters. The van der Waals surface area contributed by atoms with Gasteiger partial charge < -0.3 is 9.05 Å². The molecule has 0 aliphatic rings. The van der Waals surface area contributed by atoms with E-state index in [0.29, 0.717) is 10.8 Å². The molecule has 32 heavy (non-hydrogen) atoms. The van der Waals surface area contributed by atoms with Crippen LogP contribution in [0.25, 0.3) is 0 Å². The van der Waals surface area contributed by atoms with Crippen LogP contribution in [0.5, 0.6) is 0 Å². The molecular formula is C16H50O2P14. The van der Waals surface area contributed by atoms with E-state index in [2.05, 4.69) is 120 Å². The van der Waals surface area contributed by atoms with Gasteiger partial charge in [0.25, 0.3) is 0 Å². The van der Waals surface area contributed by atoms with Crippen LogP contribution in [0.2, 0.25) is 0 Å². The third-order valence-electron chi connectivity index (χ3n) is 3.91. The number of hydrogen-bond acceptors (Lipinski definition) is 2. The normalized spacial score (nSPS) is 14.2. The lowest BCUT2D eigenvalue weighted by Gasteiger charge is -2.32. The highest BCUT2D eigenvalue weighted by atomic mass is 33.0. The zero-order valence-electron chi connectivity index (χ0n) is 20.9. The van der Waals surface area contributed by atoms with Crippen LogP contribution in [0, 0.1) is 10.8 Å². The van der Waals surface area contributed by atoms with Crippen molar-refractivity contribution in [3.63, 3.8) is 0 Å². The minimum absolute atomic E-state index is 0.201. The van der Waals surface area contributed by atoms with Gasteiger partial charge in [-0.3, -0.25) is 0 Å². The molecule has 0 N–H and O–H groups in total. The molecule has 0 aliphatic carbocycles. The Bertz CT molecular complexity index is 437. The van der Waals surface area contributed by atoms with E-state index in [9.17, 15) is 0 Å². The van der Waals surface area contributed by atoms with E-state index in [-0.39, 0.29) is 34.1 Å². The third kappa shape index (κ3) is 24.9. The minimum Gasteiger partial charge on any atom is -0.346 e. The zero-order valence-corrected chi connectivity index (χ0v) is 35.5. The Balaban J connectivity index is 0. The van der Waals surface area contributed by atoms with Gasteiger partial charge in [-0.2, -0.15) is 0 Å². The Morgan fingerprint density at radius 3 is 1.34 bits per heavy atom. The SMILES string of the molecule is CC(C)(C)CCC(COP(P(P)P)P(P)P)OP(P(P)P)P(P)P.CCCCC(C)(C)C. The van der Waals surface area contributed by atoms with Gasteiger partial charge in [-0.15, -0.1) is 71.4 Å². The molecule has 0 bridgehead atoms. The van der Waals surface area contributed by atoms with Crippen molar-refractivity contribution >= 4 is 114 Å². The Labute approximate surface area is 226 Å². The van der Waals surface area contributed by atoms with Gasteiger partial charge in [-0.05, 0) is 58.0 Å². The van der Waals surface area contributed by atoms with Crippen LogP contribution in [-0.2, 0) is 9.05 Å². The van der Waals surface area contributed by atoms with Crippen molar-refractivity contribution in [1.82, 2.24) is 0 Å². The molecular weight excluding hydrogens is 658 g/mol. The van der Waals surface area contributed by atoms with E-state index in [4.69, 9.17) is 9.05 Å². The van der Waals surface area contributed by atoms with Crippen LogP contribution in [0.1, 0.15) is 80.6 Å².